The van der Waals surface area contributed by atoms with Crippen LogP contribution in [0.2, 0.25) is 0 Å². The zero-order valence-electron chi connectivity index (χ0n) is 11.5. The zero-order chi connectivity index (χ0) is 15.5. The van der Waals surface area contributed by atoms with Gasteiger partial charge in [0.25, 0.3) is 10.0 Å². The van der Waals surface area contributed by atoms with Crippen molar-refractivity contribution in [2.45, 2.75) is 18.7 Å². The van der Waals surface area contributed by atoms with Gasteiger partial charge in [-0.1, -0.05) is 23.0 Å². The minimum absolute atomic E-state index is 0.0992. The number of nitrogens with one attached hydrogen (secondary N) is 1. The van der Waals surface area contributed by atoms with Crippen molar-refractivity contribution in [1.29, 1.82) is 0 Å². The molecule has 0 amide bonds. The lowest BCUT2D eigenvalue weighted by atomic mass is 10.1. The first-order chi connectivity index (χ1) is 9.92. The first-order valence-corrected chi connectivity index (χ1v) is 7.53. The Bertz CT molecular complexity index is 815. The predicted molar refractivity (Wildman–Crippen MR) is 77.0 cm³/mol. The molecule has 110 valence electrons. The summed E-state index contributed by atoms with van der Waals surface area (Å²) >= 11 is 0. The molecule has 1 heterocycles. The minimum atomic E-state index is -3.82. The second-order valence-corrected chi connectivity index (χ2v) is 5.87. The number of anilines is 1. The SMILES string of the molecule is Cc1nnc(NS(=O)(=O)c2cc(C#CCN)ccc2C)o1. The second-order valence-electron chi connectivity index (χ2n) is 4.22. The van der Waals surface area contributed by atoms with Gasteiger partial charge in [0.2, 0.25) is 5.89 Å². The maximum absolute atomic E-state index is 12.3. The number of hydrogen-bond acceptors (Lipinski definition) is 6. The number of benzene rings is 1. The Morgan fingerprint density at radius 2 is 2.10 bits per heavy atom. The highest BCUT2D eigenvalue weighted by Gasteiger charge is 2.20. The third-order valence-corrected chi connectivity index (χ3v) is 4.02. The normalized spacial score (nSPS) is 10.8. The molecule has 0 aliphatic rings. The fourth-order valence-corrected chi connectivity index (χ4v) is 2.82. The fourth-order valence-electron chi connectivity index (χ4n) is 1.63. The third kappa shape index (κ3) is 3.59. The van der Waals surface area contributed by atoms with Crippen molar-refractivity contribution in [3.8, 4) is 11.8 Å². The molecule has 1 aromatic carbocycles. The van der Waals surface area contributed by atoms with Crippen molar-refractivity contribution >= 4 is 16.0 Å². The van der Waals surface area contributed by atoms with E-state index in [1.165, 1.54) is 6.07 Å². The van der Waals surface area contributed by atoms with E-state index in [4.69, 9.17) is 10.2 Å². The highest BCUT2D eigenvalue weighted by molar-refractivity contribution is 7.92. The van der Waals surface area contributed by atoms with E-state index >= 15 is 0 Å². The second kappa shape index (κ2) is 5.95. The van der Waals surface area contributed by atoms with Gasteiger partial charge in [0, 0.05) is 12.5 Å². The van der Waals surface area contributed by atoms with E-state index in [0.717, 1.165) is 0 Å². The Labute approximate surface area is 122 Å². The monoisotopic (exact) mass is 306 g/mol. The van der Waals surface area contributed by atoms with Gasteiger partial charge in [0.05, 0.1) is 11.4 Å². The van der Waals surface area contributed by atoms with Crippen molar-refractivity contribution in [1.82, 2.24) is 10.2 Å². The van der Waals surface area contributed by atoms with Gasteiger partial charge in [-0.15, -0.1) is 5.10 Å². The molecule has 0 fully saturated rings. The van der Waals surface area contributed by atoms with Crippen LogP contribution in [0.25, 0.3) is 0 Å². The van der Waals surface area contributed by atoms with Crippen molar-refractivity contribution in [2.75, 3.05) is 11.3 Å². The Morgan fingerprint density at radius 1 is 1.33 bits per heavy atom. The highest BCUT2D eigenvalue weighted by atomic mass is 32.2. The summed E-state index contributed by atoms with van der Waals surface area (Å²) in [6.07, 6.45) is 0. The molecule has 8 heteroatoms. The highest BCUT2D eigenvalue weighted by Crippen LogP contribution is 2.20. The summed E-state index contributed by atoms with van der Waals surface area (Å²) in [7, 11) is -3.82. The lowest BCUT2D eigenvalue weighted by molar-refractivity contribution is 0.534. The molecule has 0 aliphatic carbocycles. The summed E-state index contributed by atoms with van der Waals surface area (Å²) < 4.78 is 31.9. The number of nitrogens with two attached hydrogens (primary N) is 1. The molecule has 0 spiro atoms. The molecule has 3 N–H and O–H groups in total. The topological polar surface area (TPSA) is 111 Å². The maximum atomic E-state index is 12.3. The summed E-state index contributed by atoms with van der Waals surface area (Å²) in [6, 6.07) is 4.70. The lowest BCUT2D eigenvalue weighted by Crippen LogP contribution is -2.14. The average molecular weight is 306 g/mol. The molecule has 0 bridgehead atoms. The number of rotatable bonds is 3. The van der Waals surface area contributed by atoms with Gasteiger partial charge in [-0.25, -0.2) is 13.1 Å². The number of aromatic nitrogens is 2. The third-order valence-electron chi connectivity index (χ3n) is 2.56. The molecule has 2 rings (SSSR count). The molecule has 0 radical (unpaired) electrons. The molecule has 1 aromatic heterocycles. The average Bonchev–Trinajstić information content (AvgIpc) is 2.82. The number of aryl methyl sites for hydroxylation is 2. The van der Waals surface area contributed by atoms with Gasteiger partial charge in [0.1, 0.15) is 0 Å². The van der Waals surface area contributed by atoms with Crippen LogP contribution in [0, 0.1) is 25.7 Å². The van der Waals surface area contributed by atoms with Crippen molar-refractivity contribution in [3.05, 3.63) is 35.2 Å². The van der Waals surface area contributed by atoms with Crippen LogP contribution in [0.5, 0.6) is 0 Å². The summed E-state index contributed by atoms with van der Waals surface area (Å²) in [5.74, 6) is 5.74. The van der Waals surface area contributed by atoms with Crippen molar-refractivity contribution in [3.63, 3.8) is 0 Å². The van der Waals surface area contributed by atoms with E-state index in [2.05, 4.69) is 26.8 Å². The van der Waals surface area contributed by atoms with Crippen molar-refractivity contribution in [2.24, 2.45) is 5.73 Å². The molecule has 0 aliphatic heterocycles. The van der Waals surface area contributed by atoms with E-state index in [0.29, 0.717) is 11.1 Å². The molecule has 21 heavy (non-hydrogen) atoms. The van der Waals surface area contributed by atoms with E-state index < -0.39 is 10.0 Å². The molecule has 0 atom stereocenters. The van der Waals surface area contributed by atoms with Crippen LogP contribution in [0.4, 0.5) is 6.01 Å². The zero-order valence-corrected chi connectivity index (χ0v) is 12.4. The fraction of sp³-hybridized carbons (Fsp3) is 0.231. The van der Waals surface area contributed by atoms with Crippen LogP contribution in [0.15, 0.2) is 27.5 Å². The van der Waals surface area contributed by atoms with Crippen LogP contribution < -0.4 is 10.5 Å². The molecule has 7 nitrogen and oxygen atoms in total. The van der Waals surface area contributed by atoms with Crippen molar-refractivity contribution < 1.29 is 12.8 Å². The molecule has 2 aromatic rings. The number of sulfonamides is 1. The molecule has 0 unspecified atom stereocenters. The number of nitrogens with zero attached hydrogens (tertiary/aromatic N) is 2. The van der Waals surface area contributed by atoms with Gasteiger partial charge < -0.3 is 10.2 Å². The van der Waals surface area contributed by atoms with Gasteiger partial charge >= 0.3 is 6.01 Å². The molecular weight excluding hydrogens is 292 g/mol. The standard InChI is InChI=1S/C13H14N4O3S/c1-9-5-6-11(4-3-7-14)8-12(9)21(18,19)17-13-16-15-10(2)20-13/h5-6,8H,7,14H2,1-2H3,(H,16,17). The summed E-state index contributed by atoms with van der Waals surface area (Å²) in [5.41, 5.74) is 6.45. The van der Waals surface area contributed by atoms with E-state index in [9.17, 15) is 8.42 Å². The minimum Gasteiger partial charge on any atom is -0.408 e. The van der Waals surface area contributed by atoms with Gasteiger partial charge in [-0.2, -0.15) is 0 Å². The van der Waals surface area contributed by atoms with Gasteiger partial charge in [0.15, 0.2) is 0 Å². The van der Waals surface area contributed by atoms with Crippen LogP contribution in [-0.2, 0) is 10.0 Å². The quantitative estimate of drug-likeness (QED) is 0.811. The first-order valence-electron chi connectivity index (χ1n) is 6.05. The Hall–Kier alpha value is -2.37. The molecule has 0 saturated heterocycles. The summed E-state index contributed by atoms with van der Waals surface area (Å²) in [5, 5.41) is 7.17. The molecular formula is C13H14N4O3S. The predicted octanol–water partition coefficient (Wildman–Crippen LogP) is 0.797. The number of hydrogen-bond donors (Lipinski definition) is 2. The molecule has 0 saturated carbocycles. The smallest absolute Gasteiger partial charge is 0.329 e. The van der Waals surface area contributed by atoms with Crippen LogP contribution in [0.1, 0.15) is 17.0 Å². The largest absolute Gasteiger partial charge is 0.408 e. The van der Waals surface area contributed by atoms with Crippen LogP contribution in [0.3, 0.4) is 0 Å². The van der Waals surface area contributed by atoms with E-state index in [1.807, 2.05) is 0 Å². The lowest BCUT2D eigenvalue weighted by Gasteiger charge is -2.07. The Balaban J connectivity index is 2.39. The Kier molecular flexibility index (Phi) is 4.26. The van der Waals surface area contributed by atoms with Crippen LogP contribution in [-0.4, -0.2) is 25.2 Å². The van der Waals surface area contributed by atoms with E-state index in [1.54, 1.807) is 26.0 Å². The maximum Gasteiger partial charge on any atom is 0.329 e. The van der Waals surface area contributed by atoms with Gasteiger partial charge in [-0.3, -0.25) is 0 Å². The first kappa shape index (κ1) is 15.0. The summed E-state index contributed by atoms with van der Waals surface area (Å²) in [4.78, 5) is 0.0992. The van der Waals surface area contributed by atoms with Crippen LogP contribution >= 0.6 is 0 Å². The summed E-state index contributed by atoms with van der Waals surface area (Å²) in [6.45, 7) is 3.46. The van der Waals surface area contributed by atoms with Gasteiger partial charge in [-0.05, 0) is 24.6 Å². The Morgan fingerprint density at radius 3 is 2.71 bits per heavy atom. The van der Waals surface area contributed by atoms with E-state index in [-0.39, 0.29) is 23.3 Å².